The zero-order chi connectivity index (χ0) is 18.7. The van der Waals surface area contributed by atoms with Crippen LogP contribution in [0.5, 0.6) is 5.75 Å². The first kappa shape index (κ1) is 18.7. The van der Waals surface area contributed by atoms with Crippen LogP contribution in [-0.4, -0.2) is 39.8 Å². The van der Waals surface area contributed by atoms with Gasteiger partial charge in [0.15, 0.2) is 0 Å². The van der Waals surface area contributed by atoms with Gasteiger partial charge in [0.05, 0.1) is 25.2 Å². The molecule has 1 amide bonds. The van der Waals surface area contributed by atoms with Crippen LogP contribution in [0.15, 0.2) is 22.6 Å². The lowest BCUT2D eigenvalue weighted by Gasteiger charge is -2.36. The molecule has 0 saturated carbocycles. The van der Waals surface area contributed by atoms with Crippen molar-refractivity contribution in [3.63, 3.8) is 0 Å². The van der Waals surface area contributed by atoms with Gasteiger partial charge in [-0.05, 0) is 58.0 Å². The molecule has 0 spiro atoms. The number of amides is 1. The summed E-state index contributed by atoms with van der Waals surface area (Å²) in [6, 6.07) is 5.52. The molecule has 2 heterocycles. The summed E-state index contributed by atoms with van der Waals surface area (Å²) in [5, 5.41) is 7.47. The van der Waals surface area contributed by atoms with Crippen LogP contribution in [0.2, 0.25) is 0 Å². The summed E-state index contributed by atoms with van der Waals surface area (Å²) in [5.74, 6) is 1.60. The Morgan fingerprint density at radius 3 is 2.73 bits per heavy atom. The van der Waals surface area contributed by atoms with Gasteiger partial charge < -0.3 is 24.5 Å². The molecule has 1 aromatic heterocycles. The Hall–Kier alpha value is -2.05. The molecule has 1 aliphatic rings. The molecule has 26 heavy (non-hydrogen) atoms. The topological polar surface area (TPSA) is 72.7 Å². The molecule has 1 atom stereocenters. The zero-order valence-electron chi connectivity index (χ0n) is 16.0. The molecule has 1 fully saturated rings. The van der Waals surface area contributed by atoms with Gasteiger partial charge in [-0.15, -0.1) is 0 Å². The van der Waals surface area contributed by atoms with Gasteiger partial charge in [-0.25, -0.2) is 0 Å². The highest BCUT2D eigenvalue weighted by atomic mass is 16.5. The largest absolute Gasteiger partial charge is 0.497 e. The third-order valence-corrected chi connectivity index (χ3v) is 5.38. The number of benzene rings is 1. The SMILES string of the molecule is COCC1(C(=O)NC(C)c2oc3ccc(OC)cc3c2C)CCNCC1. The van der Waals surface area contributed by atoms with Gasteiger partial charge in [-0.3, -0.25) is 4.79 Å². The molecule has 142 valence electrons. The predicted octanol–water partition coefficient (Wildman–Crippen LogP) is 2.94. The molecule has 2 N–H and O–H groups in total. The maximum atomic E-state index is 13.0. The summed E-state index contributed by atoms with van der Waals surface area (Å²) in [4.78, 5) is 13.0. The van der Waals surface area contributed by atoms with Gasteiger partial charge in [0.25, 0.3) is 0 Å². The molecular formula is C20H28N2O4. The average Bonchev–Trinajstić information content (AvgIpc) is 2.99. The Morgan fingerprint density at radius 2 is 2.08 bits per heavy atom. The van der Waals surface area contributed by atoms with E-state index in [2.05, 4.69) is 10.6 Å². The van der Waals surface area contributed by atoms with Crippen LogP contribution in [0.3, 0.4) is 0 Å². The minimum atomic E-state index is -0.475. The fourth-order valence-corrected chi connectivity index (χ4v) is 3.79. The average molecular weight is 360 g/mol. The van der Waals surface area contributed by atoms with Crippen molar-refractivity contribution in [1.29, 1.82) is 0 Å². The highest BCUT2D eigenvalue weighted by Gasteiger charge is 2.40. The molecule has 6 heteroatoms. The number of nitrogens with one attached hydrogen (secondary N) is 2. The van der Waals surface area contributed by atoms with Gasteiger partial charge in [0.2, 0.25) is 5.91 Å². The van der Waals surface area contributed by atoms with Crippen molar-refractivity contribution in [2.24, 2.45) is 5.41 Å². The molecule has 1 saturated heterocycles. The first-order chi connectivity index (χ1) is 12.5. The van der Waals surface area contributed by atoms with E-state index in [9.17, 15) is 4.79 Å². The van der Waals surface area contributed by atoms with Crippen molar-refractivity contribution in [2.45, 2.75) is 32.7 Å². The third-order valence-electron chi connectivity index (χ3n) is 5.38. The van der Waals surface area contributed by atoms with Crippen LogP contribution in [0.1, 0.15) is 37.1 Å². The van der Waals surface area contributed by atoms with E-state index >= 15 is 0 Å². The highest BCUT2D eigenvalue weighted by Crippen LogP contribution is 2.34. The number of ether oxygens (including phenoxy) is 2. The molecule has 1 unspecified atom stereocenters. The van der Waals surface area contributed by atoms with Crippen LogP contribution in [-0.2, 0) is 9.53 Å². The second kappa shape index (κ2) is 7.68. The van der Waals surface area contributed by atoms with Crippen LogP contribution >= 0.6 is 0 Å². The van der Waals surface area contributed by atoms with Gasteiger partial charge in [-0.2, -0.15) is 0 Å². The quantitative estimate of drug-likeness (QED) is 0.829. The molecule has 0 aliphatic carbocycles. The predicted molar refractivity (Wildman–Crippen MR) is 100 cm³/mol. The second-order valence-electron chi connectivity index (χ2n) is 7.11. The Balaban J connectivity index is 1.82. The van der Waals surface area contributed by atoms with Crippen LogP contribution in [0, 0.1) is 12.3 Å². The van der Waals surface area contributed by atoms with Crippen molar-refractivity contribution in [3.05, 3.63) is 29.5 Å². The number of aryl methyl sites for hydroxylation is 1. The van der Waals surface area contributed by atoms with Crippen molar-refractivity contribution < 1.29 is 18.7 Å². The molecule has 1 aromatic carbocycles. The van der Waals surface area contributed by atoms with Crippen LogP contribution in [0.4, 0.5) is 0 Å². The summed E-state index contributed by atoms with van der Waals surface area (Å²) in [5.41, 5.74) is 1.35. The number of piperidine rings is 1. The van der Waals surface area contributed by atoms with Crippen LogP contribution in [0.25, 0.3) is 11.0 Å². The fraction of sp³-hybridized carbons (Fsp3) is 0.550. The lowest BCUT2D eigenvalue weighted by atomic mass is 9.78. The van der Waals surface area contributed by atoms with Crippen LogP contribution < -0.4 is 15.4 Å². The van der Waals surface area contributed by atoms with E-state index < -0.39 is 5.41 Å². The minimum absolute atomic E-state index is 0.0331. The Bertz CT molecular complexity index is 772. The Labute approximate surface area is 154 Å². The van der Waals surface area contributed by atoms with Crippen molar-refractivity contribution in [3.8, 4) is 5.75 Å². The van der Waals surface area contributed by atoms with Crippen molar-refractivity contribution in [2.75, 3.05) is 33.9 Å². The fourth-order valence-electron chi connectivity index (χ4n) is 3.79. The van der Waals surface area contributed by atoms with Gasteiger partial charge >= 0.3 is 0 Å². The Morgan fingerprint density at radius 1 is 1.35 bits per heavy atom. The smallest absolute Gasteiger partial charge is 0.229 e. The number of fused-ring (bicyclic) bond motifs is 1. The van der Waals surface area contributed by atoms with Gasteiger partial charge in [-0.1, -0.05) is 0 Å². The maximum absolute atomic E-state index is 13.0. The number of furan rings is 1. The monoisotopic (exact) mass is 360 g/mol. The van der Waals surface area contributed by atoms with Gasteiger partial charge in [0.1, 0.15) is 17.1 Å². The summed E-state index contributed by atoms with van der Waals surface area (Å²) in [6.45, 7) is 6.06. The standard InChI is InChI=1S/C20H28N2O4/c1-13-16-11-15(25-4)5-6-17(16)26-18(13)14(2)22-19(23)20(12-24-3)7-9-21-10-8-20/h5-6,11,14,21H,7-10,12H2,1-4H3,(H,22,23). The first-order valence-electron chi connectivity index (χ1n) is 9.08. The number of carbonyl (C=O) groups excluding carboxylic acids is 1. The molecule has 6 nitrogen and oxygen atoms in total. The lowest BCUT2D eigenvalue weighted by Crippen LogP contribution is -2.50. The summed E-state index contributed by atoms with van der Waals surface area (Å²) < 4.78 is 16.7. The van der Waals surface area contributed by atoms with Gasteiger partial charge in [0, 0.05) is 18.1 Å². The second-order valence-corrected chi connectivity index (χ2v) is 7.11. The molecule has 3 rings (SSSR count). The van der Waals surface area contributed by atoms with E-state index in [1.165, 1.54) is 0 Å². The van der Waals surface area contributed by atoms with Crippen molar-refractivity contribution >= 4 is 16.9 Å². The number of hydrogen-bond acceptors (Lipinski definition) is 5. The molecule has 1 aliphatic heterocycles. The number of carbonyl (C=O) groups is 1. The maximum Gasteiger partial charge on any atom is 0.229 e. The highest BCUT2D eigenvalue weighted by molar-refractivity contribution is 5.85. The number of hydrogen-bond donors (Lipinski definition) is 2. The van der Waals surface area contributed by atoms with E-state index in [0.29, 0.717) is 6.61 Å². The summed E-state index contributed by atoms with van der Waals surface area (Å²) >= 11 is 0. The van der Waals surface area contributed by atoms with E-state index in [1.807, 2.05) is 32.0 Å². The molecule has 2 aromatic rings. The molecule has 0 bridgehead atoms. The number of rotatable bonds is 6. The molecule has 0 radical (unpaired) electrons. The van der Waals surface area contributed by atoms with Crippen molar-refractivity contribution in [1.82, 2.24) is 10.6 Å². The number of methoxy groups -OCH3 is 2. The van der Waals surface area contributed by atoms with E-state index in [-0.39, 0.29) is 11.9 Å². The Kier molecular flexibility index (Phi) is 5.53. The van der Waals surface area contributed by atoms with E-state index in [4.69, 9.17) is 13.9 Å². The summed E-state index contributed by atoms with van der Waals surface area (Å²) in [7, 11) is 3.30. The zero-order valence-corrected chi connectivity index (χ0v) is 16.0. The van der Waals surface area contributed by atoms with E-state index in [0.717, 1.165) is 54.0 Å². The lowest BCUT2D eigenvalue weighted by molar-refractivity contribution is -0.137. The first-order valence-corrected chi connectivity index (χ1v) is 9.08. The third kappa shape index (κ3) is 3.44. The normalized spacial score (nSPS) is 17.8. The molecular weight excluding hydrogens is 332 g/mol. The minimum Gasteiger partial charge on any atom is -0.497 e. The van der Waals surface area contributed by atoms with E-state index in [1.54, 1.807) is 14.2 Å². The summed E-state index contributed by atoms with van der Waals surface area (Å²) in [6.07, 6.45) is 1.55.